The molecule has 0 N–H and O–H groups in total. The van der Waals surface area contributed by atoms with Crippen LogP contribution in [0.4, 0.5) is 0 Å². The molecule has 0 radical (unpaired) electrons. The number of rotatable bonds is 0. The Bertz CT molecular complexity index is 321. The van der Waals surface area contributed by atoms with E-state index in [2.05, 4.69) is 9.97 Å². The van der Waals surface area contributed by atoms with E-state index in [0.717, 1.165) is 10.5 Å². The highest BCUT2D eigenvalue weighted by atomic mass is 32.1. The van der Waals surface area contributed by atoms with Crippen molar-refractivity contribution in [3.8, 4) is 0 Å². The van der Waals surface area contributed by atoms with E-state index in [1.807, 2.05) is 33.0 Å². The fourth-order valence-corrected chi connectivity index (χ4v) is 1.69. The second-order valence-corrected chi connectivity index (χ2v) is 3.31. The molecule has 0 atom stereocenters. The molecule has 0 aliphatic heterocycles. The quantitative estimate of drug-likeness (QED) is 0.622. The van der Waals surface area contributed by atoms with Gasteiger partial charge in [0, 0.05) is 12.4 Å². The van der Waals surface area contributed by atoms with Gasteiger partial charge in [-0.1, -0.05) is 13.8 Å². The number of fused-ring (bicyclic) bond motifs is 1. The van der Waals surface area contributed by atoms with Crippen molar-refractivity contribution in [3.63, 3.8) is 0 Å². The second kappa shape index (κ2) is 4.16. The minimum atomic E-state index is 1.05. The lowest BCUT2D eigenvalue weighted by atomic mass is 10.4. The van der Waals surface area contributed by atoms with Crippen molar-refractivity contribution in [1.82, 2.24) is 9.97 Å². The molecule has 0 aliphatic rings. The molecule has 0 unspecified atom stereocenters. The van der Waals surface area contributed by atoms with Crippen LogP contribution >= 0.6 is 11.3 Å². The van der Waals surface area contributed by atoms with Gasteiger partial charge in [-0.25, -0.2) is 4.98 Å². The monoisotopic (exact) mass is 180 g/mol. The summed E-state index contributed by atoms with van der Waals surface area (Å²) in [6.07, 6.45) is 3.61. The number of thiazole rings is 1. The van der Waals surface area contributed by atoms with E-state index in [4.69, 9.17) is 0 Å². The Morgan fingerprint density at radius 3 is 2.75 bits per heavy atom. The summed E-state index contributed by atoms with van der Waals surface area (Å²) in [5, 5.41) is 1.10. The zero-order chi connectivity index (χ0) is 8.97. The minimum Gasteiger partial charge on any atom is -0.263 e. The van der Waals surface area contributed by atoms with Crippen molar-refractivity contribution in [2.24, 2.45) is 0 Å². The molecule has 0 spiro atoms. The molecule has 2 aromatic heterocycles. The van der Waals surface area contributed by atoms with Crippen LogP contribution in [0.25, 0.3) is 10.2 Å². The third kappa shape index (κ3) is 1.80. The molecule has 0 saturated carbocycles. The molecule has 12 heavy (non-hydrogen) atoms. The van der Waals surface area contributed by atoms with Gasteiger partial charge in [-0.3, -0.25) is 4.98 Å². The van der Waals surface area contributed by atoms with Crippen molar-refractivity contribution in [2.45, 2.75) is 20.8 Å². The summed E-state index contributed by atoms with van der Waals surface area (Å²) in [6.45, 7) is 6.00. The van der Waals surface area contributed by atoms with Crippen molar-refractivity contribution in [3.05, 3.63) is 23.5 Å². The first-order valence-electron chi connectivity index (χ1n) is 4.03. The number of pyridine rings is 1. The van der Waals surface area contributed by atoms with Crippen LogP contribution < -0.4 is 0 Å². The minimum absolute atomic E-state index is 1.05. The lowest BCUT2D eigenvalue weighted by molar-refractivity contribution is 1.32. The van der Waals surface area contributed by atoms with Gasteiger partial charge >= 0.3 is 0 Å². The van der Waals surface area contributed by atoms with Crippen LogP contribution in [0.3, 0.4) is 0 Å². The molecule has 0 fully saturated rings. The summed E-state index contributed by atoms with van der Waals surface area (Å²) in [5.74, 6) is 0. The summed E-state index contributed by atoms with van der Waals surface area (Å²) >= 11 is 1.68. The third-order valence-corrected chi connectivity index (χ3v) is 2.22. The van der Waals surface area contributed by atoms with E-state index in [9.17, 15) is 0 Å². The third-order valence-electron chi connectivity index (χ3n) is 1.30. The first-order valence-corrected chi connectivity index (χ1v) is 4.85. The molecule has 2 heterocycles. The maximum Gasteiger partial charge on any atom is 0.0908 e. The van der Waals surface area contributed by atoms with Gasteiger partial charge in [-0.05, 0) is 13.0 Å². The number of hydrogen-bond donors (Lipinski definition) is 0. The summed E-state index contributed by atoms with van der Waals surface area (Å²) < 4.78 is 1.17. The van der Waals surface area contributed by atoms with Gasteiger partial charge in [0.2, 0.25) is 0 Å². The van der Waals surface area contributed by atoms with E-state index in [1.54, 1.807) is 17.5 Å². The zero-order valence-corrected chi connectivity index (χ0v) is 8.35. The van der Waals surface area contributed by atoms with Gasteiger partial charge in [-0.2, -0.15) is 0 Å². The number of hydrogen-bond acceptors (Lipinski definition) is 3. The highest BCUT2D eigenvalue weighted by Gasteiger charge is 1.96. The lowest BCUT2D eigenvalue weighted by Gasteiger charge is -1.80. The van der Waals surface area contributed by atoms with Crippen molar-refractivity contribution < 1.29 is 0 Å². The molecule has 3 heteroatoms. The first-order chi connectivity index (χ1) is 5.86. The second-order valence-electron chi connectivity index (χ2n) is 2.08. The van der Waals surface area contributed by atoms with Crippen LogP contribution in [0.2, 0.25) is 0 Å². The number of aryl methyl sites for hydroxylation is 1. The largest absolute Gasteiger partial charge is 0.263 e. The van der Waals surface area contributed by atoms with E-state index >= 15 is 0 Å². The van der Waals surface area contributed by atoms with E-state index in [1.165, 1.54) is 4.70 Å². The van der Waals surface area contributed by atoms with Crippen LogP contribution in [-0.2, 0) is 0 Å². The fourth-order valence-electron chi connectivity index (χ4n) is 0.895. The maximum atomic E-state index is 4.29. The molecule has 64 valence electrons. The van der Waals surface area contributed by atoms with Crippen LogP contribution in [0.1, 0.15) is 18.9 Å². The Kier molecular flexibility index (Phi) is 3.17. The molecular weight excluding hydrogens is 168 g/mol. The van der Waals surface area contributed by atoms with Gasteiger partial charge in [0.15, 0.2) is 0 Å². The molecule has 2 aromatic rings. The SMILES string of the molecule is CC.Cc1nc2ccncc2s1. The Labute approximate surface area is 76.3 Å². The van der Waals surface area contributed by atoms with Crippen LogP contribution in [0.15, 0.2) is 18.5 Å². The Balaban J connectivity index is 0.000000336. The van der Waals surface area contributed by atoms with E-state index < -0.39 is 0 Å². The highest BCUT2D eigenvalue weighted by molar-refractivity contribution is 7.18. The van der Waals surface area contributed by atoms with E-state index in [-0.39, 0.29) is 0 Å². The van der Waals surface area contributed by atoms with Crippen molar-refractivity contribution >= 4 is 21.6 Å². The molecular formula is C9H12N2S. The summed E-state index contributed by atoms with van der Waals surface area (Å²) in [6, 6.07) is 1.93. The number of nitrogens with zero attached hydrogens (tertiary/aromatic N) is 2. The summed E-state index contributed by atoms with van der Waals surface area (Å²) in [4.78, 5) is 8.29. The van der Waals surface area contributed by atoms with Gasteiger partial charge in [0.25, 0.3) is 0 Å². The Hall–Kier alpha value is -0.960. The van der Waals surface area contributed by atoms with Crippen molar-refractivity contribution in [1.29, 1.82) is 0 Å². The first kappa shape index (κ1) is 9.13. The Morgan fingerprint density at radius 1 is 1.33 bits per heavy atom. The molecule has 2 rings (SSSR count). The number of aromatic nitrogens is 2. The fraction of sp³-hybridized carbons (Fsp3) is 0.333. The average molecular weight is 180 g/mol. The van der Waals surface area contributed by atoms with Gasteiger partial charge in [-0.15, -0.1) is 11.3 Å². The summed E-state index contributed by atoms with van der Waals surface area (Å²) in [5.41, 5.74) is 1.05. The van der Waals surface area contributed by atoms with Gasteiger partial charge in [0.05, 0.1) is 15.2 Å². The van der Waals surface area contributed by atoms with Crippen LogP contribution in [0, 0.1) is 6.92 Å². The normalized spacial score (nSPS) is 9.25. The zero-order valence-electron chi connectivity index (χ0n) is 7.53. The predicted octanol–water partition coefficient (Wildman–Crippen LogP) is 3.03. The molecule has 0 amide bonds. The lowest BCUT2D eigenvalue weighted by Crippen LogP contribution is -1.68. The van der Waals surface area contributed by atoms with Gasteiger partial charge in [0.1, 0.15) is 0 Å². The van der Waals surface area contributed by atoms with Crippen molar-refractivity contribution in [2.75, 3.05) is 0 Å². The molecule has 0 bridgehead atoms. The van der Waals surface area contributed by atoms with Crippen LogP contribution in [0.5, 0.6) is 0 Å². The highest BCUT2D eigenvalue weighted by Crippen LogP contribution is 2.18. The van der Waals surface area contributed by atoms with Crippen LogP contribution in [-0.4, -0.2) is 9.97 Å². The molecule has 0 aromatic carbocycles. The standard InChI is InChI=1S/C7H6N2S.C2H6/c1-5-9-6-2-3-8-4-7(6)10-5;1-2/h2-4H,1H3;1-2H3. The molecule has 0 saturated heterocycles. The topological polar surface area (TPSA) is 25.8 Å². The summed E-state index contributed by atoms with van der Waals surface area (Å²) in [7, 11) is 0. The van der Waals surface area contributed by atoms with Gasteiger partial charge < -0.3 is 0 Å². The predicted molar refractivity (Wildman–Crippen MR) is 53.5 cm³/mol. The molecule has 2 nitrogen and oxygen atoms in total. The molecule has 0 aliphatic carbocycles. The smallest absolute Gasteiger partial charge is 0.0908 e. The average Bonchev–Trinajstić information content (AvgIpc) is 2.48. The Morgan fingerprint density at radius 2 is 2.08 bits per heavy atom. The maximum absolute atomic E-state index is 4.29. The van der Waals surface area contributed by atoms with E-state index in [0.29, 0.717) is 0 Å².